The molecular weight excluding hydrogens is 214 g/mol. The summed E-state index contributed by atoms with van der Waals surface area (Å²) in [5.74, 6) is -1.55. The lowest BCUT2D eigenvalue weighted by molar-refractivity contribution is 0.286. The van der Waals surface area contributed by atoms with E-state index in [1.165, 1.54) is 0 Å². The average molecular weight is 226 g/mol. The van der Waals surface area contributed by atoms with E-state index in [0.29, 0.717) is 19.4 Å². The summed E-state index contributed by atoms with van der Waals surface area (Å²) in [6, 6.07) is 3.64. The molecule has 1 aromatic carbocycles. The van der Waals surface area contributed by atoms with Crippen molar-refractivity contribution >= 4 is 5.69 Å². The molecule has 0 aliphatic heterocycles. The molecule has 2 N–H and O–H groups in total. The van der Waals surface area contributed by atoms with Gasteiger partial charge in [-0.2, -0.15) is 5.26 Å². The number of anilines is 1. The van der Waals surface area contributed by atoms with Gasteiger partial charge in [0.05, 0.1) is 11.6 Å². The summed E-state index contributed by atoms with van der Waals surface area (Å²) in [7, 11) is 0. The van der Waals surface area contributed by atoms with Crippen molar-refractivity contribution in [2.24, 2.45) is 0 Å². The fourth-order valence-corrected chi connectivity index (χ4v) is 1.26. The second kappa shape index (κ2) is 6.03. The first-order valence-electron chi connectivity index (χ1n) is 4.93. The van der Waals surface area contributed by atoms with Crippen molar-refractivity contribution in [1.29, 1.82) is 5.26 Å². The van der Waals surface area contributed by atoms with Crippen LogP contribution in [0.3, 0.4) is 0 Å². The van der Waals surface area contributed by atoms with Gasteiger partial charge in [0.1, 0.15) is 5.69 Å². The Hall–Kier alpha value is -1.67. The minimum Gasteiger partial charge on any atom is -0.396 e. The predicted octanol–water partition coefficient (Wildman–Crippen LogP) is 2.02. The topological polar surface area (TPSA) is 56.0 Å². The van der Waals surface area contributed by atoms with Crippen LogP contribution in [0.15, 0.2) is 12.1 Å². The summed E-state index contributed by atoms with van der Waals surface area (Å²) in [4.78, 5) is 0. The van der Waals surface area contributed by atoms with Crippen LogP contribution in [0.5, 0.6) is 0 Å². The Morgan fingerprint density at radius 1 is 1.25 bits per heavy atom. The molecule has 3 nitrogen and oxygen atoms in total. The zero-order valence-corrected chi connectivity index (χ0v) is 8.63. The molecule has 0 aliphatic rings. The van der Waals surface area contributed by atoms with Crippen LogP contribution in [0.4, 0.5) is 14.5 Å². The van der Waals surface area contributed by atoms with Crippen molar-refractivity contribution in [1.82, 2.24) is 0 Å². The van der Waals surface area contributed by atoms with Crippen molar-refractivity contribution in [2.75, 3.05) is 18.5 Å². The summed E-state index contributed by atoms with van der Waals surface area (Å²) in [6.45, 7) is 0.431. The number of aliphatic hydroxyl groups excluding tert-OH is 1. The number of rotatable bonds is 5. The number of hydrogen-bond acceptors (Lipinski definition) is 3. The van der Waals surface area contributed by atoms with Gasteiger partial charge in [-0.3, -0.25) is 0 Å². The highest BCUT2D eigenvalue weighted by molar-refractivity contribution is 5.50. The third-order valence-electron chi connectivity index (χ3n) is 2.06. The molecule has 0 unspecified atom stereocenters. The second-order valence-corrected chi connectivity index (χ2v) is 3.28. The van der Waals surface area contributed by atoms with Gasteiger partial charge < -0.3 is 10.4 Å². The van der Waals surface area contributed by atoms with Gasteiger partial charge >= 0.3 is 0 Å². The van der Waals surface area contributed by atoms with E-state index in [-0.39, 0.29) is 17.9 Å². The number of hydrogen-bond donors (Lipinski definition) is 2. The molecule has 0 saturated heterocycles. The molecule has 5 heteroatoms. The third-order valence-corrected chi connectivity index (χ3v) is 2.06. The Kier molecular flexibility index (Phi) is 4.67. The first-order valence-corrected chi connectivity index (χ1v) is 4.93. The number of unbranched alkanes of at least 4 members (excludes halogenated alkanes) is 1. The first-order chi connectivity index (χ1) is 7.69. The number of nitrogens with one attached hydrogen (secondary N) is 1. The van der Waals surface area contributed by atoms with E-state index in [2.05, 4.69) is 5.32 Å². The minimum absolute atomic E-state index is 0.0455. The average Bonchev–Trinajstić information content (AvgIpc) is 2.26. The van der Waals surface area contributed by atoms with Gasteiger partial charge in [0.25, 0.3) is 0 Å². The normalized spacial score (nSPS) is 9.88. The van der Waals surface area contributed by atoms with Crippen LogP contribution in [-0.2, 0) is 0 Å². The van der Waals surface area contributed by atoms with Gasteiger partial charge in [-0.15, -0.1) is 0 Å². The van der Waals surface area contributed by atoms with Crippen LogP contribution in [0.25, 0.3) is 0 Å². The zero-order chi connectivity index (χ0) is 12.0. The van der Waals surface area contributed by atoms with Crippen molar-refractivity contribution < 1.29 is 13.9 Å². The van der Waals surface area contributed by atoms with E-state index in [0.717, 1.165) is 12.1 Å². The molecular formula is C11H12F2N2O. The van der Waals surface area contributed by atoms with Crippen LogP contribution in [0.2, 0.25) is 0 Å². The fraction of sp³-hybridized carbons (Fsp3) is 0.364. The van der Waals surface area contributed by atoms with Gasteiger partial charge in [0.2, 0.25) is 0 Å². The molecule has 0 fully saturated rings. The minimum atomic E-state index is -0.777. The quantitative estimate of drug-likeness (QED) is 0.755. The van der Waals surface area contributed by atoms with Gasteiger partial charge in [-0.1, -0.05) is 0 Å². The Morgan fingerprint density at radius 2 is 1.88 bits per heavy atom. The number of halogens is 2. The maximum absolute atomic E-state index is 13.3. The molecule has 0 atom stereocenters. The Bertz CT molecular complexity index is 378. The molecule has 86 valence electrons. The lowest BCUT2D eigenvalue weighted by Gasteiger charge is -2.08. The largest absolute Gasteiger partial charge is 0.396 e. The van der Waals surface area contributed by atoms with E-state index < -0.39 is 11.6 Å². The van der Waals surface area contributed by atoms with Crippen molar-refractivity contribution in [3.8, 4) is 6.07 Å². The molecule has 0 amide bonds. The van der Waals surface area contributed by atoms with E-state index >= 15 is 0 Å². The van der Waals surface area contributed by atoms with E-state index in [1.54, 1.807) is 6.07 Å². The predicted molar refractivity (Wildman–Crippen MR) is 55.9 cm³/mol. The summed E-state index contributed by atoms with van der Waals surface area (Å²) in [6.07, 6.45) is 1.20. The van der Waals surface area contributed by atoms with Gasteiger partial charge in [0, 0.05) is 13.2 Å². The van der Waals surface area contributed by atoms with Crippen LogP contribution < -0.4 is 5.32 Å². The molecule has 0 bridgehead atoms. The summed E-state index contributed by atoms with van der Waals surface area (Å²) in [5, 5.41) is 19.6. The maximum Gasteiger partial charge on any atom is 0.150 e. The van der Waals surface area contributed by atoms with E-state index in [4.69, 9.17) is 10.4 Å². The molecule has 0 saturated carbocycles. The summed E-state index contributed by atoms with van der Waals surface area (Å²) >= 11 is 0. The van der Waals surface area contributed by atoms with Gasteiger partial charge in [0.15, 0.2) is 11.6 Å². The molecule has 0 aromatic heterocycles. The molecule has 0 radical (unpaired) electrons. The molecule has 0 heterocycles. The lowest BCUT2D eigenvalue weighted by Crippen LogP contribution is -2.06. The van der Waals surface area contributed by atoms with Crippen LogP contribution in [0, 0.1) is 23.0 Å². The van der Waals surface area contributed by atoms with E-state index in [9.17, 15) is 8.78 Å². The number of aliphatic hydroxyl groups is 1. The lowest BCUT2D eigenvalue weighted by atomic mass is 10.2. The highest BCUT2D eigenvalue weighted by Gasteiger charge is 2.10. The second-order valence-electron chi connectivity index (χ2n) is 3.28. The maximum atomic E-state index is 13.3. The monoisotopic (exact) mass is 226 g/mol. The Balaban J connectivity index is 2.70. The van der Waals surface area contributed by atoms with Gasteiger partial charge in [-0.25, -0.2) is 8.78 Å². The highest BCUT2D eigenvalue weighted by atomic mass is 19.1. The molecule has 1 aromatic rings. The number of nitriles is 1. The summed E-state index contributed by atoms with van der Waals surface area (Å²) in [5.41, 5.74) is -0.271. The SMILES string of the molecule is N#Cc1cc(F)c(NCCCCO)c(F)c1. The smallest absolute Gasteiger partial charge is 0.150 e. The van der Waals surface area contributed by atoms with E-state index in [1.807, 2.05) is 0 Å². The fourth-order valence-electron chi connectivity index (χ4n) is 1.26. The Labute approximate surface area is 92.3 Å². The van der Waals surface area contributed by atoms with Crippen LogP contribution in [-0.4, -0.2) is 18.3 Å². The zero-order valence-electron chi connectivity index (χ0n) is 8.63. The molecule has 0 aliphatic carbocycles. The number of benzene rings is 1. The Morgan fingerprint density at radius 3 is 2.38 bits per heavy atom. The van der Waals surface area contributed by atoms with Crippen molar-refractivity contribution in [2.45, 2.75) is 12.8 Å². The third kappa shape index (κ3) is 3.17. The van der Waals surface area contributed by atoms with Crippen LogP contribution >= 0.6 is 0 Å². The molecule has 16 heavy (non-hydrogen) atoms. The first kappa shape index (κ1) is 12.4. The summed E-state index contributed by atoms with van der Waals surface area (Å²) < 4.78 is 26.6. The standard InChI is InChI=1S/C11H12F2N2O/c12-9-5-8(7-14)6-10(13)11(9)15-3-1-2-4-16/h5-6,15-16H,1-4H2. The number of nitrogens with zero attached hydrogens (tertiary/aromatic N) is 1. The van der Waals surface area contributed by atoms with Crippen molar-refractivity contribution in [3.05, 3.63) is 29.3 Å². The van der Waals surface area contributed by atoms with Gasteiger partial charge in [-0.05, 0) is 25.0 Å². The molecule has 0 spiro atoms. The van der Waals surface area contributed by atoms with Crippen molar-refractivity contribution in [3.63, 3.8) is 0 Å². The highest BCUT2D eigenvalue weighted by Crippen LogP contribution is 2.20. The van der Waals surface area contributed by atoms with Crippen LogP contribution in [0.1, 0.15) is 18.4 Å². The molecule has 1 rings (SSSR count).